The molecular formula is C8H11NO2S. The molecule has 2 aliphatic rings. The highest BCUT2D eigenvalue weighted by molar-refractivity contribution is 8.16. The molecule has 0 spiro atoms. The molecule has 1 fully saturated rings. The van der Waals surface area contributed by atoms with Crippen molar-refractivity contribution >= 4 is 22.8 Å². The minimum atomic E-state index is -0.398. The fraction of sp³-hybridized carbons (Fsp3) is 0.750. The Morgan fingerprint density at radius 2 is 2.50 bits per heavy atom. The first-order valence-corrected chi connectivity index (χ1v) is 5.07. The Balaban J connectivity index is 2.17. The molecule has 0 bridgehead atoms. The van der Waals surface area contributed by atoms with E-state index in [2.05, 4.69) is 4.99 Å². The number of carbonyl (C=O) groups is 1. The fourth-order valence-corrected chi connectivity index (χ4v) is 2.20. The molecule has 0 aromatic heterocycles. The Bertz CT molecular complexity index is 251. The van der Waals surface area contributed by atoms with Gasteiger partial charge in [-0.1, -0.05) is 11.8 Å². The average molecular weight is 185 g/mol. The topological polar surface area (TPSA) is 38.7 Å². The van der Waals surface area contributed by atoms with Gasteiger partial charge in [-0.05, 0) is 6.92 Å². The van der Waals surface area contributed by atoms with E-state index in [1.54, 1.807) is 0 Å². The minimum Gasteiger partial charge on any atom is -0.480 e. The molecule has 1 atom stereocenters. The van der Waals surface area contributed by atoms with Gasteiger partial charge in [-0.2, -0.15) is 0 Å². The van der Waals surface area contributed by atoms with Gasteiger partial charge in [0.1, 0.15) is 5.41 Å². The van der Waals surface area contributed by atoms with Crippen molar-refractivity contribution in [1.82, 2.24) is 0 Å². The SMILES string of the molecule is C[C@@]1(C2=NCCCO2)CSC1=O. The molecular weight excluding hydrogens is 174 g/mol. The van der Waals surface area contributed by atoms with Crippen LogP contribution in [0, 0.1) is 5.41 Å². The summed E-state index contributed by atoms with van der Waals surface area (Å²) in [7, 11) is 0. The molecule has 3 nitrogen and oxygen atoms in total. The van der Waals surface area contributed by atoms with Crippen LogP contribution in [0.15, 0.2) is 4.99 Å². The van der Waals surface area contributed by atoms with Crippen molar-refractivity contribution in [2.75, 3.05) is 18.9 Å². The second-order valence-electron chi connectivity index (χ2n) is 3.30. The lowest BCUT2D eigenvalue weighted by Gasteiger charge is -2.36. The number of thioether (sulfide) groups is 1. The molecule has 0 amide bonds. The third-order valence-electron chi connectivity index (χ3n) is 2.21. The second kappa shape index (κ2) is 2.76. The first-order valence-electron chi connectivity index (χ1n) is 4.08. The molecule has 0 unspecified atom stereocenters. The zero-order valence-electron chi connectivity index (χ0n) is 7.00. The van der Waals surface area contributed by atoms with E-state index in [1.807, 2.05) is 6.92 Å². The Kier molecular flexibility index (Phi) is 1.87. The largest absolute Gasteiger partial charge is 0.480 e. The van der Waals surface area contributed by atoms with Gasteiger partial charge in [0, 0.05) is 18.7 Å². The third kappa shape index (κ3) is 1.05. The summed E-state index contributed by atoms with van der Waals surface area (Å²) in [5, 5.41) is 0.197. The number of hydrogen-bond acceptors (Lipinski definition) is 4. The Labute approximate surface area is 75.6 Å². The normalized spacial score (nSPS) is 35.1. The van der Waals surface area contributed by atoms with Crippen molar-refractivity contribution in [3.63, 3.8) is 0 Å². The van der Waals surface area contributed by atoms with Gasteiger partial charge in [0.15, 0.2) is 5.90 Å². The van der Waals surface area contributed by atoms with Crippen molar-refractivity contribution in [3.05, 3.63) is 0 Å². The molecule has 0 N–H and O–H groups in total. The summed E-state index contributed by atoms with van der Waals surface area (Å²) in [6.45, 7) is 3.44. The number of ether oxygens (including phenoxy) is 1. The quantitative estimate of drug-likeness (QED) is 0.613. The number of hydrogen-bond donors (Lipinski definition) is 0. The van der Waals surface area contributed by atoms with Crippen LogP contribution in [0.2, 0.25) is 0 Å². The van der Waals surface area contributed by atoms with Crippen molar-refractivity contribution in [2.45, 2.75) is 13.3 Å². The van der Waals surface area contributed by atoms with Crippen LogP contribution in [0.3, 0.4) is 0 Å². The predicted molar refractivity (Wildman–Crippen MR) is 48.4 cm³/mol. The van der Waals surface area contributed by atoms with Crippen molar-refractivity contribution in [1.29, 1.82) is 0 Å². The summed E-state index contributed by atoms with van der Waals surface area (Å²) in [6, 6.07) is 0. The summed E-state index contributed by atoms with van der Waals surface area (Å²) in [5.74, 6) is 1.49. The predicted octanol–water partition coefficient (Wildman–Crippen LogP) is 1.08. The summed E-state index contributed by atoms with van der Waals surface area (Å²) >= 11 is 1.36. The highest BCUT2D eigenvalue weighted by Gasteiger charge is 2.49. The van der Waals surface area contributed by atoms with Gasteiger partial charge in [-0.25, -0.2) is 0 Å². The van der Waals surface area contributed by atoms with Crippen LogP contribution in [0.5, 0.6) is 0 Å². The van der Waals surface area contributed by atoms with Crippen LogP contribution in [-0.2, 0) is 9.53 Å². The molecule has 4 heteroatoms. The lowest BCUT2D eigenvalue weighted by Crippen LogP contribution is -2.47. The lowest BCUT2D eigenvalue weighted by atomic mass is 9.93. The fourth-order valence-electron chi connectivity index (χ4n) is 1.29. The highest BCUT2D eigenvalue weighted by Crippen LogP contribution is 2.41. The summed E-state index contributed by atoms with van der Waals surface area (Å²) in [4.78, 5) is 15.5. The molecule has 0 aliphatic carbocycles. The monoisotopic (exact) mass is 185 g/mol. The van der Waals surface area contributed by atoms with Gasteiger partial charge in [0.2, 0.25) is 5.12 Å². The molecule has 12 heavy (non-hydrogen) atoms. The maximum Gasteiger partial charge on any atom is 0.204 e. The standard InChI is InChI=1S/C8H11NO2S/c1-8(5-12-7(8)10)6-9-3-2-4-11-6/h2-5H2,1H3/t8-/m0/s1. The van der Waals surface area contributed by atoms with Crippen LogP contribution < -0.4 is 0 Å². The zero-order chi connectivity index (χ0) is 8.60. The molecule has 2 heterocycles. The van der Waals surface area contributed by atoms with Gasteiger partial charge in [-0.15, -0.1) is 0 Å². The first kappa shape index (κ1) is 8.10. The van der Waals surface area contributed by atoms with Crippen molar-refractivity contribution in [2.24, 2.45) is 10.4 Å². The van der Waals surface area contributed by atoms with E-state index >= 15 is 0 Å². The van der Waals surface area contributed by atoms with Gasteiger partial charge in [0.25, 0.3) is 0 Å². The van der Waals surface area contributed by atoms with E-state index in [1.165, 1.54) is 11.8 Å². The van der Waals surface area contributed by atoms with E-state index < -0.39 is 5.41 Å². The molecule has 2 aliphatic heterocycles. The number of aliphatic imine (C=N–C) groups is 1. The van der Waals surface area contributed by atoms with Crippen molar-refractivity contribution < 1.29 is 9.53 Å². The van der Waals surface area contributed by atoms with E-state index in [0.29, 0.717) is 12.5 Å². The Morgan fingerprint density at radius 3 is 2.92 bits per heavy atom. The van der Waals surface area contributed by atoms with Crippen LogP contribution >= 0.6 is 11.8 Å². The van der Waals surface area contributed by atoms with E-state index in [4.69, 9.17) is 4.74 Å². The van der Waals surface area contributed by atoms with E-state index in [0.717, 1.165) is 18.7 Å². The first-order chi connectivity index (χ1) is 5.73. The molecule has 66 valence electrons. The van der Waals surface area contributed by atoms with Crippen molar-refractivity contribution in [3.8, 4) is 0 Å². The van der Waals surface area contributed by atoms with Crippen LogP contribution in [0.25, 0.3) is 0 Å². The van der Waals surface area contributed by atoms with Gasteiger partial charge < -0.3 is 4.74 Å². The number of carbonyl (C=O) groups excluding carboxylic acids is 1. The van der Waals surface area contributed by atoms with Crippen LogP contribution in [0.1, 0.15) is 13.3 Å². The van der Waals surface area contributed by atoms with E-state index in [-0.39, 0.29) is 5.12 Å². The summed E-state index contributed by atoms with van der Waals surface area (Å²) < 4.78 is 5.37. The summed E-state index contributed by atoms with van der Waals surface area (Å²) in [5.41, 5.74) is -0.398. The zero-order valence-corrected chi connectivity index (χ0v) is 7.82. The van der Waals surface area contributed by atoms with Gasteiger partial charge in [-0.3, -0.25) is 9.79 Å². The number of nitrogens with zero attached hydrogens (tertiary/aromatic N) is 1. The molecule has 2 rings (SSSR count). The molecule has 0 aromatic carbocycles. The second-order valence-corrected chi connectivity index (χ2v) is 4.25. The highest BCUT2D eigenvalue weighted by atomic mass is 32.2. The third-order valence-corrected chi connectivity index (χ3v) is 3.65. The van der Waals surface area contributed by atoms with Crippen LogP contribution in [-0.4, -0.2) is 29.9 Å². The van der Waals surface area contributed by atoms with Gasteiger partial charge in [0.05, 0.1) is 6.61 Å². The molecule has 0 aromatic rings. The number of rotatable bonds is 1. The lowest BCUT2D eigenvalue weighted by molar-refractivity contribution is -0.117. The maximum atomic E-state index is 11.3. The van der Waals surface area contributed by atoms with Crippen LogP contribution in [0.4, 0.5) is 0 Å². The molecule has 0 saturated carbocycles. The average Bonchev–Trinajstić information content (AvgIpc) is 2.16. The maximum absolute atomic E-state index is 11.3. The van der Waals surface area contributed by atoms with Gasteiger partial charge >= 0.3 is 0 Å². The smallest absolute Gasteiger partial charge is 0.204 e. The molecule has 1 saturated heterocycles. The minimum absolute atomic E-state index is 0.197. The molecule has 0 radical (unpaired) electrons. The van der Waals surface area contributed by atoms with E-state index in [9.17, 15) is 4.79 Å². The summed E-state index contributed by atoms with van der Waals surface area (Å²) in [6.07, 6.45) is 0.973. The Morgan fingerprint density at radius 1 is 1.67 bits per heavy atom. The Hall–Kier alpha value is -0.510.